The highest BCUT2D eigenvalue weighted by atomic mass is 32.2. The Morgan fingerprint density at radius 1 is 1.13 bits per heavy atom. The van der Waals surface area contributed by atoms with Gasteiger partial charge in [-0.25, -0.2) is 14.5 Å². The van der Waals surface area contributed by atoms with Crippen LogP contribution in [-0.2, 0) is 0 Å². The summed E-state index contributed by atoms with van der Waals surface area (Å²) < 4.78 is 3.01. The summed E-state index contributed by atoms with van der Waals surface area (Å²) in [5.74, 6) is 0.654. The van der Waals surface area contributed by atoms with E-state index in [-0.39, 0.29) is 5.25 Å². The van der Waals surface area contributed by atoms with Gasteiger partial charge in [0.05, 0.1) is 15.5 Å². The van der Waals surface area contributed by atoms with Crippen molar-refractivity contribution in [1.82, 2.24) is 24.6 Å². The SMILES string of the molecule is Cc1cc(C)n2nc(SC(C)c3nc4ccccc4s3)nc2n1. The van der Waals surface area contributed by atoms with Crippen LogP contribution in [0.3, 0.4) is 0 Å². The van der Waals surface area contributed by atoms with Crippen LogP contribution in [0, 0.1) is 13.8 Å². The third kappa shape index (κ3) is 2.70. The van der Waals surface area contributed by atoms with E-state index in [1.54, 1.807) is 27.6 Å². The molecule has 0 aliphatic carbocycles. The number of hydrogen-bond acceptors (Lipinski definition) is 6. The number of nitrogens with zero attached hydrogens (tertiary/aromatic N) is 5. The van der Waals surface area contributed by atoms with Crippen LogP contribution in [0.25, 0.3) is 16.0 Å². The predicted octanol–water partition coefficient (Wildman–Crippen LogP) is 4.20. The molecule has 116 valence electrons. The van der Waals surface area contributed by atoms with Gasteiger partial charge < -0.3 is 0 Å². The topological polar surface area (TPSA) is 56.0 Å². The summed E-state index contributed by atoms with van der Waals surface area (Å²) in [6.07, 6.45) is 0. The molecule has 5 nitrogen and oxygen atoms in total. The molecule has 23 heavy (non-hydrogen) atoms. The quantitative estimate of drug-likeness (QED) is 0.523. The van der Waals surface area contributed by atoms with Gasteiger partial charge in [-0.15, -0.1) is 16.4 Å². The molecule has 4 rings (SSSR count). The second-order valence-electron chi connectivity index (χ2n) is 5.42. The largest absolute Gasteiger partial charge is 0.253 e. The van der Waals surface area contributed by atoms with Gasteiger partial charge in [0, 0.05) is 11.4 Å². The van der Waals surface area contributed by atoms with E-state index in [1.807, 2.05) is 38.1 Å². The fourth-order valence-corrected chi connectivity index (χ4v) is 4.39. The number of aryl methyl sites for hydroxylation is 2. The molecule has 0 fully saturated rings. The Balaban J connectivity index is 1.65. The molecular formula is C16H15N5S2. The molecule has 1 atom stereocenters. The van der Waals surface area contributed by atoms with Gasteiger partial charge in [-0.05, 0) is 39.0 Å². The van der Waals surface area contributed by atoms with E-state index >= 15 is 0 Å². The Morgan fingerprint density at radius 3 is 2.78 bits per heavy atom. The lowest BCUT2D eigenvalue weighted by molar-refractivity contribution is 0.840. The summed E-state index contributed by atoms with van der Waals surface area (Å²) in [4.78, 5) is 13.7. The minimum Gasteiger partial charge on any atom is -0.240 e. The van der Waals surface area contributed by atoms with Gasteiger partial charge in [-0.1, -0.05) is 23.9 Å². The van der Waals surface area contributed by atoms with Crippen molar-refractivity contribution in [3.8, 4) is 0 Å². The number of fused-ring (bicyclic) bond motifs is 2. The first-order valence-electron chi connectivity index (χ1n) is 7.33. The molecule has 0 spiro atoms. The summed E-state index contributed by atoms with van der Waals surface area (Å²) in [7, 11) is 0. The van der Waals surface area contributed by atoms with Crippen LogP contribution < -0.4 is 0 Å². The lowest BCUT2D eigenvalue weighted by Crippen LogP contribution is -1.97. The second-order valence-corrected chi connectivity index (χ2v) is 7.80. The fourth-order valence-electron chi connectivity index (χ4n) is 2.47. The second kappa shape index (κ2) is 5.58. The molecule has 3 heterocycles. The molecule has 0 bridgehead atoms. The molecule has 0 aliphatic rings. The molecular weight excluding hydrogens is 326 g/mol. The van der Waals surface area contributed by atoms with Crippen LogP contribution >= 0.6 is 23.1 Å². The van der Waals surface area contributed by atoms with Crippen molar-refractivity contribution in [1.29, 1.82) is 0 Å². The molecule has 1 unspecified atom stereocenters. The van der Waals surface area contributed by atoms with E-state index < -0.39 is 0 Å². The zero-order valence-electron chi connectivity index (χ0n) is 13.0. The minimum absolute atomic E-state index is 0.200. The number of rotatable bonds is 3. The molecule has 0 saturated heterocycles. The van der Waals surface area contributed by atoms with Crippen molar-refractivity contribution in [3.63, 3.8) is 0 Å². The zero-order chi connectivity index (χ0) is 16.0. The van der Waals surface area contributed by atoms with Gasteiger partial charge >= 0.3 is 0 Å². The Morgan fingerprint density at radius 2 is 1.96 bits per heavy atom. The van der Waals surface area contributed by atoms with Crippen LogP contribution in [-0.4, -0.2) is 24.6 Å². The first-order chi connectivity index (χ1) is 11.1. The van der Waals surface area contributed by atoms with Crippen molar-refractivity contribution < 1.29 is 0 Å². The van der Waals surface area contributed by atoms with Crippen LogP contribution in [0.2, 0.25) is 0 Å². The lowest BCUT2D eigenvalue weighted by Gasteiger charge is -2.03. The van der Waals surface area contributed by atoms with Crippen molar-refractivity contribution in [2.45, 2.75) is 31.2 Å². The highest BCUT2D eigenvalue weighted by Crippen LogP contribution is 2.37. The van der Waals surface area contributed by atoms with Crippen molar-refractivity contribution in [2.75, 3.05) is 0 Å². The predicted molar refractivity (Wildman–Crippen MR) is 94.1 cm³/mol. The Bertz CT molecular complexity index is 971. The highest BCUT2D eigenvalue weighted by Gasteiger charge is 2.16. The van der Waals surface area contributed by atoms with Gasteiger partial charge in [-0.3, -0.25) is 0 Å². The van der Waals surface area contributed by atoms with Crippen LogP contribution in [0.1, 0.15) is 28.6 Å². The van der Waals surface area contributed by atoms with E-state index in [2.05, 4.69) is 28.1 Å². The monoisotopic (exact) mass is 341 g/mol. The number of hydrogen-bond donors (Lipinski definition) is 0. The lowest BCUT2D eigenvalue weighted by atomic mass is 10.3. The van der Waals surface area contributed by atoms with Crippen molar-refractivity contribution in [3.05, 3.63) is 46.7 Å². The van der Waals surface area contributed by atoms with E-state index in [1.165, 1.54) is 4.70 Å². The van der Waals surface area contributed by atoms with E-state index in [9.17, 15) is 0 Å². The fraction of sp³-hybridized carbons (Fsp3) is 0.250. The molecule has 0 aliphatic heterocycles. The van der Waals surface area contributed by atoms with Gasteiger partial charge in [0.15, 0.2) is 0 Å². The molecule has 3 aromatic heterocycles. The van der Waals surface area contributed by atoms with Crippen LogP contribution in [0.15, 0.2) is 35.5 Å². The summed E-state index contributed by atoms with van der Waals surface area (Å²) >= 11 is 3.34. The van der Waals surface area contributed by atoms with Crippen LogP contribution in [0.5, 0.6) is 0 Å². The van der Waals surface area contributed by atoms with E-state index in [0.717, 1.165) is 27.1 Å². The summed E-state index contributed by atoms with van der Waals surface area (Å²) in [5, 5.41) is 6.58. The number of thiazole rings is 1. The van der Waals surface area contributed by atoms with Gasteiger partial charge in [-0.2, -0.15) is 4.98 Å². The molecule has 1 aromatic carbocycles. The summed E-state index contributed by atoms with van der Waals surface area (Å²) in [5.41, 5.74) is 3.05. The maximum Gasteiger partial charge on any atom is 0.253 e. The standard InChI is InChI=1S/C16H15N5S2/c1-9-8-10(2)21-15(17-9)19-16(20-21)22-11(3)14-18-12-6-4-5-7-13(12)23-14/h4-8,11H,1-3H3. The van der Waals surface area contributed by atoms with Gasteiger partial charge in [0.1, 0.15) is 5.01 Å². The summed E-state index contributed by atoms with van der Waals surface area (Å²) in [6, 6.07) is 10.2. The summed E-state index contributed by atoms with van der Waals surface area (Å²) in [6.45, 7) is 6.12. The minimum atomic E-state index is 0.200. The normalized spacial score (nSPS) is 13.0. The first-order valence-corrected chi connectivity index (χ1v) is 9.03. The maximum atomic E-state index is 4.71. The molecule has 0 radical (unpaired) electrons. The number of thioether (sulfide) groups is 1. The third-order valence-electron chi connectivity index (χ3n) is 3.54. The maximum absolute atomic E-state index is 4.71. The third-order valence-corrected chi connectivity index (χ3v) is 5.87. The van der Waals surface area contributed by atoms with Crippen LogP contribution in [0.4, 0.5) is 0 Å². The zero-order valence-corrected chi connectivity index (χ0v) is 14.6. The molecule has 7 heteroatoms. The highest BCUT2D eigenvalue weighted by molar-refractivity contribution is 7.99. The molecule has 0 N–H and O–H groups in total. The van der Waals surface area contributed by atoms with Gasteiger partial charge in [0.2, 0.25) is 5.16 Å². The molecule has 4 aromatic rings. The Labute approximate surface area is 141 Å². The average molecular weight is 341 g/mol. The first kappa shape index (κ1) is 14.6. The number of aromatic nitrogens is 5. The van der Waals surface area contributed by atoms with Crippen molar-refractivity contribution >= 4 is 39.1 Å². The van der Waals surface area contributed by atoms with Crippen molar-refractivity contribution in [2.24, 2.45) is 0 Å². The number of para-hydroxylation sites is 1. The smallest absolute Gasteiger partial charge is 0.240 e. The Hall–Kier alpha value is -1.99. The number of benzene rings is 1. The average Bonchev–Trinajstić information content (AvgIpc) is 3.10. The van der Waals surface area contributed by atoms with Gasteiger partial charge in [0.25, 0.3) is 5.78 Å². The van der Waals surface area contributed by atoms with E-state index in [4.69, 9.17) is 4.98 Å². The molecule has 0 saturated carbocycles. The molecule has 0 amide bonds. The Kier molecular flexibility index (Phi) is 3.54. The van der Waals surface area contributed by atoms with E-state index in [0.29, 0.717) is 5.78 Å².